The average Bonchev–Trinajstić information content (AvgIpc) is 2.59. The Hall–Kier alpha value is -2.00. The van der Waals surface area contributed by atoms with Crippen molar-refractivity contribution in [3.05, 3.63) is 64.7 Å². The predicted molar refractivity (Wildman–Crippen MR) is 91.7 cm³/mol. The van der Waals surface area contributed by atoms with Gasteiger partial charge in [-0.15, -0.1) is 0 Å². The fourth-order valence-corrected chi connectivity index (χ4v) is 2.94. The highest BCUT2D eigenvalue weighted by molar-refractivity contribution is 6.30. The van der Waals surface area contributed by atoms with Crippen LogP contribution in [-0.2, 0) is 17.8 Å². The number of hydrogen-bond acceptors (Lipinski definition) is 2. The summed E-state index contributed by atoms with van der Waals surface area (Å²) in [6.45, 7) is 2.08. The summed E-state index contributed by atoms with van der Waals surface area (Å²) in [7, 11) is 0. The van der Waals surface area contributed by atoms with Crippen LogP contribution in [-0.4, -0.2) is 24.0 Å². The van der Waals surface area contributed by atoms with E-state index in [1.165, 1.54) is 11.1 Å². The van der Waals surface area contributed by atoms with Gasteiger partial charge in [-0.3, -0.25) is 4.79 Å². The summed E-state index contributed by atoms with van der Waals surface area (Å²) in [5, 5.41) is 0.693. The second kappa shape index (κ2) is 7.51. The van der Waals surface area contributed by atoms with E-state index >= 15 is 0 Å². The molecule has 3 rings (SSSR count). The van der Waals surface area contributed by atoms with Crippen LogP contribution in [0.25, 0.3) is 0 Å². The van der Waals surface area contributed by atoms with Gasteiger partial charge < -0.3 is 9.64 Å². The first-order valence-corrected chi connectivity index (χ1v) is 8.33. The minimum Gasteiger partial charge on any atom is -0.494 e. The molecule has 0 aromatic heterocycles. The Morgan fingerprint density at radius 3 is 2.61 bits per heavy atom. The van der Waals surface area contributed by atoms with Gasteiger partial charge in [-0.2, -0.15) is 0 Å². The lowest BCUT2D eigenvalue weighted by atomic mass is 9.99. The second-order valence-corrected chi connectivity index (χ2v) is 6.18. The van der Waals surface area contributed by atoms with E-state index in [-0.39, 0.29) is 5.91 Å². The van der Waals surface area contributed by atoms with Crippen molar-refractivity contribution in [2.45, 2.75) is 25.8 Å². The summed E-state index contributed by atoms with van der Waals surface area (Å²) in [5.41, 5.74) is 2.63. The first kappa shape index (κ1) is 15.9. The van der Waals surface area contributed by atoms with Crippen LogP contribution in [0.4, 0.5) is 0 Å². The number of halogens is 1. The summed E-state index contributed by atoms with van der Waals surface area (Å²) in [6.07, 6.45) is 2.19. The Kier molecular flexibility index (Phi) is 5.19. The van der Waals surface area contributed by atoms with E-state index in [1.54, 1.807) is 12.1 Å². The van der Waals surface area contributed by atoms with Crippen molar-refractivity contribution in [1.82, 2.24) is 4.90 Å². The molecule has 4 heteroatoms. The van der Waals surface area contributed by atoms with Gasteiger partial charge in [0, 0.05) is 24.5 Å². The molecule has 0 fully saturated rings. The molecule has 0 N–H and O–H groups in total. The summed E-state index contributed by atoms with van der Waals surface area (Å²) in [5.74, 6) is 0.993. The van der Waals surface area contributed by atoms with Crippen LogP contribution in [0.3, 0.4) is 0 Å². The molecule has 0 radical (unpaired) electrons. The molecule has 2 aromatic rings. The molecule has 1 aliphatic rings. The van der Waals surface area contributed by atoms with Gasteiger partial charge in [0.25, 0.3) is 0 Å². The van der Waals surface area contributed by atoms with E-state index in [2.05, 4.69) is 18.2 Å². The maximum atomic E-state index is 12.3. The lowest BCUT2D eigenvalue weighted by Gasteiger charge is -2.29. The van der Waals surface area contributed by atoms with Crippen molar-refractivity contribution in [2.24, 2.45) is 0 Å². The average molecular weight is 330 g/mol. The molecule has 0 unspecified atom stereocenters. The molecule has 0 spiro atoms. The molecule has 0 aliphatic carbocycles. The predicted octanol–water partition coefficient (Wildman–Crippen LogP) is 4.08. The lowest BCUT2D eigenvalue weighted by molar-refractivity contribution is -0.132. The minimum atomic E-state index is 0.208. The van der Waals surface area contributed by atoms with Crippen LogP contribution in [0, 0.1) is 0 Å². The van der Waals surface area contributed by atoms with Crippen molar-refractivity contribution in [3.8, 4) is 5.75 Å². The van der Waals surface area contributed by atoms with Crippen LogP contribution in [0.2, 0.25) is 5.02 Å². The van der Waals surface area contributed by atoms with Gasteiger partial charge in [0.05, 0.1) is 6.61 Å². The maximum Gasteiger partial charge on any atom is 0.223 e. The number of nitrogens with zero attached hydrogens (tertiary/aromatic N) is 1. The van der Waals surface area contributed by atoms with E-state index in [1.807, 2.05) is 23.1 Å². The Labute approximate surface area is 141 Å². The third-order valence-electron chi connectivity index (χ3n) is 4.10. The SMILES string of the molecule is O=C(CCCOc1ccc(Cl)cc1)N1CCc2ccccc2C1. The van der Waals surface area contributed by atoms with Gasteiger partial charge in [0.15, 0.2) is 0 Å². The number of carbonyl (C=O) groups excluding carboxylic acids is 1. The van der Waals surface area contributed by atoms with E-state index in [9.17, 15) is 4.79 Å². The molecule has 0 bridgehead atoms. The zero-order valence-electron chi connectivity index (χ0n) is 13.0. The van der Waals surface area contributed by atoms with Crippen molar-refractivity contribution < 1.29 is 9.53 Å². The van der Waals surface area contributed by atoms with Crippen molar-refractivity contribution >= 4 is 17.5 Å². The molecule has 120 valence electrons. The van der Waals surface area contributed by atoms with Gasteiger partial charge in [-0.1, -0.05) is 35.9 Å². The highest BCUT2D eigenvalue weighted by Gasteiger charge is 2.19. The number of ether oxygens (including phenoxy) is 1. The zero-order valence-corrected chi connectivity index (χ0v) is 13.8. The Balaban J connectivity index is 1.42. The maximum absolute atomic E-state index is 12.3. The Morgan fingerprint density at radius 2 is 1.83 bits per heavy atom. The van der Waals surface area contributed by atoms with Crippen molar-refractivity contribution in [1.29, 1.82) is 0 Å². The Bertz CT molecular complexity index is 669. The first-order chi connectivity index (χ1) is 11.2. The van der Waals surface area contributed by atoms with Gasteiger partial charge >= 0.3 is 0 Å². The second-order valence-electron chi connectivity index (χ2n) is 5.74. The molecule has 1 aliphatic heterocycles. The van der Waals surface area contributed by atoms with E-state index < -0.39 is 0 Å². The molecule has 0 saturated carbocycles. The summed E-state index contributed by atoms with van der Waals surface area (Å²) in [4.78, 5) is 14.3. The number of carbonyl (C=O) groups is 1. The number of fused-ring (bicyclic) bond motifs is 1. The summed E-state index contributed by atoms with van der Waals surface area (Å²) in [6, 6.07) is 15.6. The number of hydrogen-bond donors (Lipinski definition) is 0. The van der Waals surface area contributed by atoms with Crippen molar-refractivity contribution in [3.63, 3.8) is 0 Å². The third-order valence-corrected chi connectivity index (χ3v) is 4.35. The molecule has 3 nitrogen and oxygen atoms in total. The third kappa shape index (κ3) is 4.26. The Morgan fingerprint density at radius 1 is 1.09 bits per heavy atom. The molecule has 23 heavy (non-hydrogen) atoms. The largest absolute Gasteiger partial charge is 0.494 e. The molecular formula is C19H20ClNO2. The van der Waals surface area contributed by atoms with Crippen LogP contribution >= 0.6 is 11.6 Å². The smallest absolute Gasteiger partial charge is 0.223 e. The molecule has 1 amide bonds. The minimum absolute atomic E-state index is 0.208. The van der Waals surface area contributed by atoms with Crippen LogP contribution in [0.5, 0.6) is 5.75 Å². The fraction of sp³-hybridized carbons (Fsp3) is 0.316. The molecule has 2 aromatic carbocycles. The zero-order chi connectivity index (χ0) is 16.1. The summed E-state index contributed by atoms with van der Waals surface area (Å²) < 4.78 is 5.63. The molecular weight excluding hydrogens is 310 g/mol. The fourth-order valence-electron chi connectivity index (χ4n) is 2.81. The lowest BCUT2D eigenvalue weighted by Crippen LogP contribution is -2.35. The molecule has 1 heterocycles. The normalized spacial score (nSPS) is 13.5. The first-order valence-electron chi connectivity index (χ1n) is 7.95. The number of benzene rings is 2. The van der Waals surface area contributed by atoms with Crippen LogP contribution in [0.1, 0.15) is 24.0 Å². The van der Waals surface area contributed by atoms with Gasteiger partial charge in [-0.25, -0.2) is 0 Å². The van der Waals surface area contributed by atoms with Crippen LogP contribution < -0.4 is 4.74 Å². The number of amides is 1. The van der Waals surface area contributed by atoms with Crippen LogP contribution in [0.15, 0.2) is 48.5 Å². The van der Waals surface area contributed by atoms with Crippen molar-refractivity contribution in [2.75, 3.05) is 13.2 Å². The van der Waals surface area contributed by atoms with Gasteiger partial charge in [0.2, 0.25) is 5.91 Å². The van der Waals surface area contributed by atoms with Gasteiger partial charge in [-0.05, 0) is 48.2 Å². The topological polar surface area (TPSA) is 29.5 Å². The van der Waals surface area contributed by atoms with E-state index in [0.717, 1.165) is 31.7 Å². The van der Waals surface area contributed by atoms with Gasteiger partial charge in [0.1, 0.15) is 5.75 Å². The van der Waals surface area contributed by atoms with E-state index in [0.29, 0.717) is 18.1 Å². The molecule has 0 atom stereocenters. The molecule has 0 saturated heterocycles. The monoisotopic (exact) mass is 329 g/mol. The summed E-state index contributed by atoms with van der Waals surface area (Å²) >= 11 is 5.83. The highest BCUT2D eigenvalue weighted by atomic mass is 35.5. The van der Waals surface area contributed by atoms with E-state index in [4.69, 9.17) is 16.3 Å². The highest BCUT2D eigenvalue weighted by Crippen LogP contribution is 2.19. The number of rotatable bonds is 5. The quantitative estimate of drug-likeness (QED) is 0.773. The standard InChI is InChI=1S/C19H20ClNO2/c20-17-7-9-18(10-8-17)23-13-3-6-19(22)21-12-11-15-4-1-2-5-16(15)14-21/h1-2,4-5,7-10H,3,6,11-14H2.